The fourth-order valence-corrected chi connectivity index (χ4v) is 4.03. The molecule has 0 radical (unpaired) electrons. The smallest absolute Gasteiger partial charge is 0.272 e. The molecule has 7 heteroatoms. The van der Waals surface area contributed by atoms with Crippen molar-refractivity contribution in [1.29, 1.82) is 0 Å². The molecule has 1 aliphatic rings. The number of aromatic nitrogens is 4. The second-order valence-corrected chi connectivity index (χ2v) is 7.40. The van der Waals surface area contributed by atoms with Crippen molar-refractivity contribution in [3.05, 3.63) is 41.2 Å². The van der Waals surface area contributed by atoms with Crippen molar-refractivity contribution in [2.75, 3.05) is 27.2 Å². The average molecular weight is 356 g/mol. The Hall–Kier alpha value is -2.28. The molecule has 140 valence electrons. The molecule has 0 N–H and O–H groups in total. The van der Waals surface area contributed by atoms with Crippen molar-refractivity contribution < 1.29 is 4.79 Å². The fraction of sp³-hybridized carbons (Fsp3) is 0.579. The number of amides is 1. The van der Waals surface area contributed by atoms with Crippen LogP contribution in [0.3, 0.4) is 0 Å². The van der Waals surface area contributed by atoms with Crippen molar-refractivity contribution >= 4 is 5.91 Å². The van der Waals surface area contributed by atoms with Crippen molar-refractivity contribution in [3.8, 4) is 0 Å². The van der Waals surface area contributed by atoms with Crippen molar-refractivity contribution in [3.63, 3.8) is 0 Å². The van der Waals surface area contributed by atoms with Crippen LogP contribution in [-0.4, -0.2) is 62.6 Å². The predicted molar refractivity (Wildman–Crippen MR) is 99.8 cm³/mol. The zero-order valence-electron chi connectivity index (χ0n) is 16.3. The molecule has 3 rings (SSSR count). The number of hydrogen-bond acceptors (Lipinski definition) is 5. The van der Waals surface area contributed by atoms with Crippen molar-refractivity contribution in [2.24, 2.45) is 13.0 Å². The summed E-state index contributed by atoms with van der Waals surface area (Å²) in [7, 11) is 5.96. The molecule has 1 saturated heterocycles. The first-order valence-electron chi connectivity index (χ1n) is 9.11. The van der Waals surface area contributed by atoms with Gasteiger partial charge < -0.3 is 4.90 Å². The zero-order chi connectivity index (χ0) is 18.8. The second kappa shape index (κ2) is 7.53. The summed E-state index contributed by atoms with van der Waals surface area (Å²) in [6, 6.07) is 2.04. The van der Waals surface area contributed by atoms with E-state index in [2.05, 4.69) is 33.2 Å². The van der Waals surface area contributed by atoms with Crippen LogP contribution >= 0.6 is 0 Å². The topological polar surface area (TPSA) is 67.2 Å². The van der Waals surface area contributed by atoms with Gasteiger partial charge in [-0.15, -0.1) is 0 Å². The Morgan fingerprint density at radius 3 is 2.73 bits per heavy atom. The Labute approximate surface area is 155 Å². The fourth-order valence-electron chi connectivity index (χ4n) is 4.03. The van der Waals surface area contributed by atoms with E-state index in [0.29, 0.717) is 24.0 Å². The highest BCUT2D eigenvalue weighted by Gasteiger charge is 2.33. The van der Waals surface area contributed by atoms with E-state index in [-0.39, 0.29) is 11.9 Å². The first-order valence-corrected chi connectivity index (χ1v) is 9.11. The number of carbonyl (C=O) groups is 1. The predicted octanol–water partition coefficient (Wildman–Crippen LogP) is 1.98. The summed E-state index contributed by atoms with van der Waals surface area (Å²) < 4.78 is 1.84. The molecule has 1 aliphatic heterocycles. The molecule has 2 aromatic heterocycles. The van der Waals surface area contributed by atoms with Gasteiger partial charge in [-0.1, -0.05) is 0 Å². The molecule has 0 unspecified atom stereocenters. The summed E-state index contributed by atoms with van der Waals surface area (Å²) in [6.07, 6.45) is 6.27. The first-order chi connectivity index (χ1) is 12.3. The van der Waals surface area contributed by atoms with Gasteiger partial charge in [0.05, 0.1) is 6.20 Å². The molecule has 26 heavy (non-hydrogen) atoms. The summed E-state index contributed by atoms with van der Waals surface area (Å²) in [5.74, 6) is 0.958. The number of hydrogen-bond donors (Lipinski definition) is 0. The maximum Gasteiger partial charge on any atom is 0.272 e. The van der Waals surface area contributed by atoms with Gasteiger partial charge in [-0.05, 0) is 52.3 Å². The van der Waals surface area contributed by atoms with Crippen LogP contribution in [0.5, 0.6) is 0 Å². The van der Waals surface area contributed by atoms with Crippen LogP contribution in [-0.2, 0) is 7.05 Å². The number of carbonyl (C=O) groups excluding carboxylic acids is 1. The van der Waals surface area contributed by atoms with Crippen molar-refractivity contribution in [1.82, 2.24) is 29.5 Å². The molecular weight excluding hydrogens is 328 g/mol. The number of rotatable bonds is 4. The maximum absolute atomic E-state index is 12.9. The summed E-state index contributed by atoms with van der Waals surface area (Å²) >= 11 is 0. The molecule has 0 aromatic carbocycles. The lowest BCUT2D eigenvalue weighted by Crippen LogP contribution is -2.42. The van der Waals surface area contributed by atoms with E-state index in [0.717, 1.165) is 25.1 Å². The van der Waals surface area contributed by atoms with Gasteiger partial charge in [-0.3, -0.25) is 14.4 Å². The molecule has 7 nitrogen and oxygen atoms in total. The van der Waals surface area contributed by atoms with E-state index in [1.54, 1.807) is 11.0 Å². The summed E-state index contributed by atoms with van der Waals surface area (Å²) in [5.41, 5.74) is 2.51. The number of piperidine rings is 1. The standard InChI is InChI=1S/C19H28N6O/c1-13-9-17(22-14(2)21-13)19(26)24(4)11-15-7-6-8-23(3)18(15)16-10-20-25(5)12-16/h9-10,12,15,18H,6-8,11H2,1-5H3/t15-,18+/m0/s1. The number of likely N-dealkylation sites (tertiary alicyclic amines) is 1. The SMILES string of the molecule is Cc1cc(C(=O)N(C)C[C@@H]2CCCN(C)[C@H]2c2cnn(C)c2)nc(C)n1. The lowest BCUT2D eigenvalue weighted by molar-refractivity contribution is 0.0640. The summed E-state index contributed by atoms with van der Waals surface area (Å²) in [5, 5.41) is 4.33. The van der Waals surface area contributed by atoms with E-state index in [9.17, 15) is 4.79 Å². The highest BCUT2D eigenvalue weighted by molar-refractivity contribution is 5.92. The summed E-state index contributed by atoms with van der Waals surface area (Å²) in [6.45, 7) is 5.47. The molecule has 2 aromatic rings. The van der Waals surface area contributed by atoms with Crippen LogP contribution in [0.15, 0.2) is 18.5 Å². The normalized spacial score (nSPS) is 21.0. The van der Waals surface area contributed by atoms with Gasteiger partial charge in [-0.25, -0.2) is 9.97 Å². The maximum atomic E-state index is 12.9. The van der Waals surface area contributed by atoms with Crippen LogP contribution in [0.25, 0.3) is 0 Å². The number of aryl methyl sites for hydroxylation is 3. The molecule has 1 fully saturated rings. The molecule has 0 aliphatic carbocycles. The molecule has 2 atom stereocenters. The average Bonchev–Trinajstić information content (AvgIpc) is 2.99. The van der Waals surface area contributed by atoms with Gasteiger partial charge in [0.1, 0.15) is 11.5 Å². The largest absolute Gasteiger partial charge is 0.340 e. The zero-order valence-corrected chi connectivity index (χ0v) is 16.3. The monoisotopic (exact) mass is 356 g/mol. The Kier molecular flexibility index (Phi) is 5.36. The molecule has 1 amide bonds. The highest BCUT2D eigenvalue weighted by Crippen LogP contribution is 2.35. The van der Waals surface area contributed by atoms with Gasteiger partial charge in [-0.2, -0.15) is 5.10 Å². The third-order valence-electron chi connectivity index (χ3n) is 5.11. The van der Waals surface area contributed by atoms with Crippen LogP contribution in [0.2, 0.25) is 0 Å². The van der Waals surface area contributed by atoms with Gasteiger partial charge in [0, 0.05) is 44.1 Å². The van der Waals surface area contributed by atoms with Crippen LogP contribution < -0.4 is 0 Å². The van der Waals surface area contributed by atoms with Gasteiger partial charge in [0.25, 0.3) is 5.91 Å². The van der Waals surface area contributed by atoms with Gasteiger partial charge in [0.15, 0.2) is 0 Å². The number of nitrogens with zero attached hydrogens (tertiary/aromatic N) is 6. The Morgan fingerprint density at radius 2 is 2.08 bits per heavy atom. The van der Waals surface area contributed by atoms with E-state index < -0.39 is 0 Å². The quantitative estimate of drug-likeness (QED) is 0.838. The van der Waals surface area contributed by atoms with Crippen LogP contribution in [0.1, 0.15) is 46.5 Å². The van der Waals surface area contributed by atoms with E-state index in [1.807, 2.05) is 38.8 Å². The minimum Gasteiger partial charge on any atom is -0.340 e. The molecule has 0 saturated carbocycles. The Balaban J connectivity index is 1.77. The lowest BCUT2D eigenvalue weighted by atomic mass is 9.85. The third-order valence-corrected chi connectivity index (χ3v) is 5.11. The van der Waals surface area contributed by atoms with Crippen LogP contribution in [0.4, 0.5) is 0 Å². The Morgan fingerprint density at radius 1 is 1.31 bits per heavy atom. The molecule has 3 heterocycles. The molecule has 0 bridgehead atoms. The second-order valence-electron chi connectivity index (χ2n) is 7.40. The van der Waals surface area contributed by atoms with Gasteiger partial charge >= 0.3 is 0 Å². The van der Waals surface area contributed by atoms with Gasteiger partial charge in [0.2, 0.25) is 0 Å². The minimum atomic E-state index is -0.0447. The van der Waals surface area contributed by atoms with Crippen LogP contribution in [0, 0.1) is 19.8 Å². The lowest BCUT2D eigenvalue weighted by Gasteiger charge is -2.40. The molecular formula is C19H28N6O. The highest BCUT2D eigenvalue weighted by atomic mass is 16.2. The minimum absolute atomic E-state index is 0.0447. The first kappa shape index (κ1) is 18.5. The van der Waals surface area contributed by atoms with E-state index >= 15 is 0 Å². The summed E-state index contributed by atoms with van der Waals surface area (Å²) in [4.78, 5) is 25.6. The van der Waals surface area contributed by atoms with E-state index in [4.69, 9.17) is 0 Å². The van der Waals surface area contributed by atoms with Crippen molar-refractivity contribution in [2.45, 2.75) is 32.7 Å². The third kappa shape index (κ3) is 3.93. The Bertz CT molecular complexity index is 766. The molecule has 0 spiro atoms. The van der Waals surface area contributed by atoms with E-state index in [1.165, 1.54) is 5.56 Å².